The van der Waals surface area contributed by atoms with Gasteiger partial charge in [-0.3, -0.25) is 0 Å². The van der Waals surface area contributed by atoms with Gasteiger partial charge in [0.05, 0.1) is 6.61 Å². The second-order valence-electron chi connectivity index (χ2n) is 4.21. The number of para-hydroxylation sites is 2. The number of rotatable bonds is 7. The maximum absolute atomic E-state index is 5.80. The third kappa shape index (κ3) is 5.11. The van der Waals surface area contributed by atoms with Gasteiger partial charge in [0.2, 0.25) is 0 Å². The summed E-state index contributed by atoms with van der Waals surface area (Å²) < 4.78 is 11.5. The number of hydrogen-bond donors (Lipinski definition) is 1. The predicted molar refractivity (Wildman–Crippen MR) is 83.6 cm³/mol. The lowest BCUT2D eigenvalue weighted by Crippen LogP contribution is -2.07. The molecule has 0 aliphatic heterocycles. The van der Waals surface area contributed by atoms with Crippen LogP contribution in [0.3, 0.4) is 0 Å². The first kappa shape index (κ1) is 16.3. The van der Waals surface area contributed by atoms with Gasteiger partial charge >= 0.3 is 0 Å². The molecular weight excluding hydrogens is 274 g/mol. The molecule has 3 nitrogen and oxygen atoms in total. The van der Waals surface area contributed by atoms with Crippen LogP contribution in [0.5, 0.6) is 11.5 Å². The van der Waals surface area contributed by atoms with Gasteiger partial charge < -0.3 is 15.2 Å². The van der Waals surface area contributed by atoms with Gasteiger partial charge in [-0.05, 0) is 30.7 Å². The first-order valence-corrected chi connectivity index (χ1v) is 6.49. The van der Waals surface area contributed by atoms with Gasteiger partial charge in [-0.1, -0.05) is 42.5 Å². The molecule has 0 saturated heterocycles. The Kier molecular flexibility index (Phi) is 7.55. The van der Waals surface area contributed by atoms with Crippen LogP contribution < -0.4 is 15.2 Å². The first-order chi connectivity index (χ1) is 9.40. The third-order valence-corrected chi connectivity index (χ3v) is 2.69. The average molecular weight is 294 g/mol. The lowest BCUT2D eigenvalue weighted by molar-refractivity contribution is 0.260. The summed E-state index contributed by atoms with van der Waals surface area (Å²) in [6.07, 6.45) is 0.840. The Bertz CT molecular complexity index is 491. The summed E-state index contributed by atoms with van der Waals surface area (Å²) in [6, 6.07) is 17.8. The van der Waals surface area contributed by atoms with E-state index < -0.39 is 0 Å². The third-order valence-electron chi connectivity index (χ3n) is 2.69. The van der Waals surface area contributed by atoms with Gasteiger partial charge in [-0.2, -0.15) is 0 Å². The summed E-state index contributed by atoms with van der Waals surface area (Å²) in [5.74, 6) is 1.54. The van der Waals surface area contributed by atoms with Gasteiger partial charge in [-0.25, -0.2) is 0 Å². The standard InChI is InChI=1S/C16H19NO2.ClH/c17-11-6-12-18-15-9-4-5-10-16(15)19-13-14-7-2-1-3-8-14;/h1-5,7-10H,6,11-13,17H2;1H. The van der Waals surface area contributed by atoms with Crippen LogP contribution in [0.1, 0.15) is 12.0 Å². The molecule has 0 unspecified atom stereocenters. The van der Waals surface area contributed by atoms with E-state index in [1.54, 1.807) is 0 Å². The minimum atomic E-state index is 0. The first-order valence-electron chi connectivity index (χ1n) is 6.49. The van der Waals surface area contributed by atoms with Crippen molar-refractivity contribution >= 4 is 12.4 Å². The van der Waals surface area contributed by atoms with E-state index in [9.17, 15) is 0 Å². The van der Waals surface area contributed by atoms with Crippen molar-refractivity contribution in [1.82, 2.24) is 0 Å². The topological polar surface area (TPSA) is 44.5 Å². The van der Waals surface area contributed by atoms with Crippen molar-refractivity contribution < 1.29 is 9.47 Å². The molecule has 0 spiro atoms. The lowest BCUT2D eigenvalue weighted by Gasteiger charge is -2.12. The molecule has 2 N–H and O–H groups in total. The molecular formula is C16H20ClNO2. The van der Waals surface area contributed by atoms with E-state index in [0.717, 1.165) is 23.5 Å². The smallest absolute Gasteiger partial charge is 0.161 e. The Morgan fingerprint density at radius 3 is 2.05 bits per heavy atom. The Morgan fingerprint density at radius 1 is 0.800 bits per heavy atom. The van der Waals surface area contributed by atoms with Crippen LogP contribution in [0.2, 0.25) is 0 Å². The number of halogens is 1. The quantitative estimate of drug-likeness (QED) is 0.796. The van der Waals surface area contributed by atoms with Crippen LogP contribution >= 0.6 is 12.4 Å². The van der Waals surface area contributed by atoms with E-state index in [0.29, 0.717) is 19.8 Å². The minimum absolute atomic E-state index is 0. The highest BCUT2D eigenvalue weighted by molar-refractivity contribution is 5.85. The highest BCUT2D eigenvalue weighted by atomic mass is 35.5. The van der Waals surface area contributed by atoms with Crippen molar-refractivity contribution in [3.63, 3.8) is 0 Å². The van der Waals surface area contributed by atoms with Crippen LogP contribution in [0.25, 0.3) is 0 Å². The largest absolute Gasteiger partial charge is 0.490 e. The summed E-state index contributed by atoms with van der Waals surface area (Å²) in [4.78, 5) is 0. The van der Waals surface area contributed by atoms with Crippen LogP contribution in [-0.4, -0.2) is 13.2 Å². The van der Waals surface area contributed by atoms with E-state index >= 15 is 0 Å². The fraction of sp³-hybridized carbons (Fsp3) is 0.250. The molecule has 2 aromatic rings. The molecule has 0 atom stereocenters. The van der Waals surface area contributed by atoms with Crippen LogP contribution in [-0.2, 0) is 6.61 Å². The SMILES string of the molecule is Cl.NCCCOc1ccccc1OCc1ccccc1. The number of hydrogen-bond acceptors (Lipinski definition) is 3. The minimum Gasteiger partial charge on any atom is -0.490 e. The second-order valence-corrected chi connectivity index (χ2v) is 4.21. The number of nitrogens with two attached hydrogens (primary N) is 1. The highest BCUT2D eigenvalue weighted by Crippen LogP contribution is 2.27. The van der Waals surface area contributed by atoms with E-state index in [1.807, 2.05) is 54.6 Å². The Hall–Kier alpha value is -1.71. The summed E-state index contributed by atoms with van der Waals surface area (Å²) in [7, 11) is 0. The van der Waals surface area contributed by atoms with Crippen molar-refractivity contribution in [3.8, 4) is 11.5 Å². The Labute approximate surface area is 126 Å². The zero-order valence-corrected chi connectivity index (χ0v) is 12.1. The Morgan fingerprint density at radius 2 is 1.40 bits per heavy atom. The van der Waals surface area contributed by atoms with Gasteiger partial charge in [0.1, 0.15) is 6.61 Å². The van der Waals surface area contributed by atoms with Crippen LogP contribution in [0.4, 0.5) is 0 Å². The van der Waals surface area contributed by atoms with Gasteiger partial charge in [0, 0.05) is 0 Å². The number of benzene rings is 2. The van der Waals surface area contributed by atoms with E-state index in [4.69, 9.17) is 15.2 Å². The highest BCUT2D eigenvalue weighted by Gasteiger charge is 2.04. The maximum Gasteiger partial charge on any atom is 0.161 e. The molecule has 4 heteroatoms. The average Bonchev–Trinajstić information content (AvgIpc) is 2.48. The van der Waals surface area contributed by atoms with E-state index in [1.165, 1.54) is 0 Å². The number of ether oxygens (including phenoxy) is 2. The molecule has 20 heavy (non-hydrogen) atoms. The normalized spacial score (nSPS) is 9.65. The predicted octanol–water partition coefficient (Wildman–Crippen LogP) is 3.42. The molecule has 0 fully saturated rings. The van der Waals surface area contributed by atoms with Crippen molar-refractivity contribution in [2.75, 3.05) is 13.2 Å². The van der Waals surface area contributed by atoms with Crippen molar-refractivity contribution in [2.24, 2.45) is 5.73 Å². The maximum atomic E-state index is 5.80. The van der Waals surface area contributed by atoms with Crippen LogP contribution in [0.15, 0.2) is 54.6 Å². The summed E-state index contributed by atoms with van der Waals surface area (Å²) in [5, 5.41) is 0. The molecule has 108 valence electrons. The van der Waals surface area contributed by atoms with E-state index in [2.05, 4.69) is 0 Å². The summed E-state index contributed by atoms with van der Waals surface area (Å²) >= 11 is 0. The molecule has 0 bridgehead atoms. The molecule has 0 radical (unpaired) electrons. The molecule has 0 aliphatic carbocycles. The zero-order valence-electron chi connectivity index (χ0n) is 11.3. The van der Waals surface area contributed by atoms with Crippen molar-refractivity contribution in [1.29, 1.82) is 0 Å². The molecule has 2 rings (SSSR count). The van der Waals surface area contributed by atoms with Crippen molar-refractivity contribution in [2.45, 2.75) is 13.0 Å². The van der Waals surface area contributed by atoms with Gasteiger partial charge in [-0.15, -0.1) is 12.4 Å². The summed E-state index contributed by atoms with van der Waals surface area (Å²) in [5.41, 5.74) is 6.59. The van der Waals surface area contributed by atoms with E-state index in [-0.39, 0.29) is 12.4 Å². The monoisotopic (exact) mass is 293 g/mol. The Balaban J connectivity index is 0.00000200. The second kappa shape index (κ2) is 9.23. The molecule has 0 aromatic heterocycles. The van der Waals surface area contributed by atoms with Gasteiger partial charge in [0.25, 0.3) is 0 Å². The molecule has 0 amide bonds. The summed E-state index contributed by atoms with van der Waals surface area (Å²) in [6.45, 7) is 1.79. The molecule has 0 saturated carbocycles. The van der Waals surface area contributed by atoms with Crippen LogP contribution in [0, 0.1) is 0 Å². The fourth-order valence-corrected chi connectivity index (χ4v) is 1.69. The van der Waals surface area contributed by atoms with Gasteiger partial charge in [0.15, 0.2) is 11.5 Å². The lowest BCUT2D eigenvalue weighted by atomic mass is 10.2. The molecule has 2 aromatic carbocycles. The van der Waals surface area contributed by atoms with Crippen molar-refractivity contribution in [3.05, 3.63) is 60.2 Å². The molecule has 0 heterocycles. The zero-order chi connectivity index (χ0) is 13.3. The molecule has 0 aliphatic rings. The fourth-order valence-electron chi connectivity index (χ4n) is 1.69.